The molecule has 0 unspecified atom stereocenters. The van der Waals surface area contributed by atoms with E-state index < -0.39 is 17.5 Å². The van der Waals surface area contributed by atoms with E-state index in [1.807, 2.05) is 6.07 Å². The molecule has 33 heavy (non-hydrogen) atoms. The fraction of sp³-hybridized carbons (Fsp3) is 0.292. The van der Waals surface area contributed by atoms with Gasteiger partial charge in [0.05, 0.1) is 11.4 Å². The van der Waals surface area contributed by atoms with Crippen molar-refractivity contribution in [3.63, 3.8) is 0 Å². The highest BCUT2D eigenvalue weighted by Gasteiger charge is 2.20. The van der Waals surface area contributed by atoms with Crippen LogP contribution in [-0.4, -0.2) is 47.8 Å². The van der Waals surface area contributed by atoms with Gasteiger partial charge in [0.2, 0.25) is 5.91 Å². The van der Waals surface area contributed by atoms with E-state index >= 15 is 0 Å². The molecule has 2 aromatic carbocycles. The summed E-state index contributed by atoms with van der Waals surface area (Å²) in [5.41, 5.74) is 3.74. The monoisotopic (exact) mass is 469 g/mol. The van der Waals surface area contributed by atoms with Crippen molar-refractivity contribution in [2.45, 2.75) is 19.0 Å². The summed E-state index contributed by atoms with van der Waals surface area (Å²) in [6.07, 6.45) is 1.68. The molecule has 1 amide bonds. The van der Waals surface area contributed by atoms with Gasteiger partial charge in [0.1, 0.15) is 17.5 Å². The maximum absolute atomic E-state index is 13.7. The standard InChI is InChI=1S/C24H25F2N5OS/c1-16-3-4-17(2)21(13-16)30-9-11-31(12-10-30)22-7-8-27-24(29-22)33-15-23(32)28-20-6-5-18(25)14-19(20)26/h3-8,13-14H,9-12,15H2,1-2H3,(H,28,32). The highest BCUT2D eigenvalue weighted by atomic mass is 32.2. The quantitative estimate of drug-likeness (QED) is 0.426. The van der Waals surface area contributed by atoms with Gasteiger partial charge in [-0.1, -0.05) is 23.9 Å². The number of nitrogens with one attached hydrogen (secondary N) is 1. The van der Waals surface area contributed by atoms with E-state index in [1.165, 1.54) is 34.6 Å². The number of aromatic nitrogens is 2. The second kappa shape index (κ2) is 10.2. The van der Waals surface area contributed by atoms with Crippen LogP contribution in [0.5, 0.6) is 0 Å². The van der Waals surface area contributed by atoms with E-state index in [0.717, 1.165) is 44.1 Å². The lowest BCUT2D eigenvalue weighted by Crippen LogP contribution is -2.47. The van der Waals surface area contributed by atoms with E-state index in [0.29, 0.717) is 5.16 Å². The van der Waals surface area contributed by atoms with Crippen LogP contribution in [0.25, 0.3) is 0 Å². The van der Waals surface area contributed by atoms with Crippen molar-refractivity contribution in [2.75, 3.05) is 47.0 Å². The van der Waals surface area contributed by atoms with Gasteiger partial charge in [-0.3, -0.25) is 4.79 Å². The Morgan fingerprint density at radius 2 is 1.79 bits per heavy atom. The van der Waals surface area contributed by atoms with Gasteiger partial charge in [0, 0.05) is 44.1 Å². The third-order valence-electron chi connectivity index (χ3n) is 5.47. The second-order valence-corrected chi connectivity index (χ2v) is 8.86. The molecule has 1 fully saturated rings. The van der Waals surface area contributed by atoms with Crippen LogP contribution in [0.1, 0.15) is 11.1 Å². The molecule has 9 heteroatoms. The predicted octanol–water partition coefficient (Wildman–Crippen LogP) is 4.43. The van der Waals surface area contributed by atoms with Gasteiger partial charge in [-0.25, -0.2) is 18.7 Å². The Labute approximate surface area is 196 Å². The van der Waals surface area contributed by atoms with Crippen molar-refractivity contribution in [2.24, 2.45) is 0 Å². The van der Waals surface area contributed by atoms with E-state index in [2.05, 4.69) is 57.1 Å². The first kappa shape index (κ1) is 23.0. The molecule has 1 N–H and O–H groups in total. The summed E-state index contributed by atoms with van der Waals surface area (Å²) in [6.45, 7) is 7.69. The third kappa shape index (κ3) is 5.78. The lowest BCUT2D eigenvalue weighted by atomic mass is 10.1. The molecule has 4 rings (SSSR count). The van der Waals surface area contributed by atoms with Crippen molar-refractivity contribution in [1.82, 2.24) is 9.97 Å². The smallest absolute Gasteiger partial charge is 0.234 e. The minimum atomic E-state index is -0.813. The molecule has 1 aromatic heterocycles. The molecule has 3 aromatic rings. The SMILES string of the molecule is Cc1ccc(C)c(N2CCN(c3ccnc(SCC(=O)Nc4ccc(F)cc4F)n3)CC2)c1. The average molecular weight is 470 g/mol. The number of thioether (sulfide) groups is 1. The number of rotatable bonds is 6. The molecule has 172 valence electrons. The summed E-state index contributed by atoms with van der Waals surface area (Å²) >= 11 is 1.17. The van der Waals surface area contributed by atoms with Gasteiger partial charge in [-0.15, -0.1) is 0 Å². The lowest BCUT2D eigenvalue weighted by Gasteiger charge is -2.37. The number of benzene rings is 2. The topological polar surface area (TPSA) is 61.4 Å². The Bertz CT molecular complexity index is 1150. The number of piperazine rings is 1. The van der Waals surface area contributed by atoms with Crippen LogP contribution in [0.2, 0.25) is 0 Å². The van der Waals surface area contributed by atoms with Gasteiger partial charge >= 0.3 is 0 Å². The van der Waals surface area contributed by atoms with Crippen LogP contribution in [0.15, 0.2) is 53.8 Å². The molecule has 2 heterocycles. The fourth-order valence-electron chi connectivity index (χ4n) is 3.72. The number of aryl methyl sites for hydroxylation is 2. The molecule has 1 saturated heterocycles. The van der Waals surface area contributed by atoms with Crippen LogP contribution in [0.3, 0.4) is 0 Å². The molecule has 0 saturated carbocycles. The van der Waals surface area contributed by atoms with Crippen molar-refractivity contribution in [1.29, 1.82) is 0 Å². The average Bonchev–Trinajstić information content (AvgIpc) is 2.81. The first-order valence-electron chi connectivity index (χ1n) is 10.7. The van der Waals surface area contributed by atoms with Gasteiger partial charge < -0.3 is 15.1 Å². The molecule has 0 radical (unpaired) electrons. The van der Waals surface area contributed by atoms with Crippen LogP contribution >= 0.6 is 11.8 Å². The number of hydrogen-bond acceptors (Lipinski definition) is 6. The Hall–Kier alpha value is -3.20. The maximum atomic E-state index is 13.7. The Morgan fingerprint density at radius 1 is 1.03 bits per heavy atom. The third-order valence-corrected chi connectivity index (χ3v) is 6.33. The highest BCUT2D eigenvalue weighted by Crippen LogP contribution is 2.25. The summed E-state index contributed by atoms with van der Waals surface area (Å²) in [4.78, 5) is 25.6. The molecule has 0 aliphatic carbocycles. The largest absolute Gasteiger partial charge is 0.368 e. The zero-order chi connectivity index (χ0) is 23.4. The first-order chi connectivity index (χ1) is 15.9. The van der Waals surface area contributed by atoms with Crippen LogP contribution in [0, 0.1) is 25.5 Å². The Balaban J connectivity index is 1.32. The Kier molecular flexibility index (Phi) is 7.08. The van der Waals surface area contributed by atoms with Crippen molar-refractivity contribution in [3.05, 3.63) is 71.4 Å². The molecule has 0 atom stereocenters. The summed E-state index contributed by atoms with van der Waals surface area (Å²) in [5, 5.41) is 2.91. The number of halogens is 2. The lowest BCUT2D eigenvalue weighted by molar-refractivity contribution is -0.113. The molecule has 0 bridgehead atoms. The summed E-state index contributed by atoms with van der Waals surface area (Å²) in [6, 6.07) is 11.4. The molecule has 1 aliphatic rings. The van der Waals surface area contributed by atoms with Crippen molar-refractivity contribution < 1.29 is 13.6 Å². The number of carbonyl (C=O) groups is 1. The Morgan fingerprint density at radius 3 is 2.55 bits per heavy atom. The number of carbonyl (C=O) groups excluding carboxylic acids is 1. The molecule has 0 spiro atoms. The summed E-state index contributed by atoms with van der Waals surface area (Å²) in [7, 11) is 0. The maximum Gasteiger partial charge on any atom is 0.234 e. The summed E-state index contributed by atoms with van der Waals surface area (Å²) < 4.78 is 26.7. The van der Waals surface area contributed by atoms with E-state index in [-0.39, 0.29) is 11.4 Å². The van der Waals surface area contributed by atoms with Crippen molar-refractivity contribution >= 4 is 34.9 Å². The highest BCUT2D eigenvalue weighted by molar-refractivity contribution is 7.99. The van der Waals surface area contributed by atoms with E-state index in [9.17, 15) is 13.6 Å². The van der Waals surface area contributed by atoms with Crippen LogP contribution in [0.4, 0.5) is 26.0 Å². The molecule has 1 aliphatic heterocycles. The minimum absolute atomic E-state index is 0.0146. The van der Waals surface area contributed by atoms with Crippen LogP contribution < -0.4 is 15.1 Å². The normalized spacial score (nSPS) is 13.8. The van der Waals surface area contributed by atoms with Gasteiger partial charge in [0.25, 0.3) is 0 Å². The molecule has 6 nitrogen and oxygen atoms in total. The second-order valence-electron chi connectivity index (χ2n) is 7.92. The van der Waals surface area contributed by atoms with Gasteiger partial charge in [-0.05, 0) is 49.2 Å². The fourth-order valence-corrected chi connectivity index (χ4v) is 4.35. The van der Waals surface area contributed by atoms with Crippen LogP contribution in [-0.2, 0) is 4.79 Å². The predicted molar refractivity (Wildman–Crippen MR) is 128 cm³/mol. The number of hydrogen-bond donors (Lipinski definition) is 1. The summed E-state index contributed by atoms with van der Waals surface area (Å²) in [5.74, 6) is -1.09. The number of amides is 1. The zero-order valence-corrected chi connectivity index (χ0v) is 19.3. The van der Waals surface area contributed by atoms with Gasteiger partial charge in [-0.2, -0.15) is 0 Å². The zero-order valence-electron chi connectivity index (χ0n) is 18.5. The minimum Gasteiger partial charge on any atom is -0.368 e. The van der Waals surface area contributed by atoms with Gasteiger partial charge in [0.15, 0.2) is 5.16 Å². The van der Waals surface area contributed by atoms with E-state index in [4.69, 9.17) is 0 Å². The molecular weight excluding hydrogens is 444 g/mol. The first-order valence-corrected chi connectivity index (χ1v) is 11.7. The van der Waals surface area contributed by atoms with Crippen molar-refractivity contribution in [3.8, 4) is 0 Å². The number of nitrogens with zero attached hydrogens (tertiary/aromatic N) is 4. The van der Waals surface area contributed by atoms with E-state index in [1.54, 1.807) is 6.20 Å². The number of anilines is 3. The molecular formula is C24H25F2N5OS.